The molecule has 0 aliphatic rings. The first-order chi connectivity index (χ1) is 9.11. The van der Waals surface area contributed by atoms with Crippen molar-refractivity contribution >= 4 is 17.5 Å². The highest BCUT2D eigenvalue weighted by Gasteiger charge is 2.14. The maximum Gasteiger partial charge on any atom is 0.251 e. The minimum atomic E-state index is -0.336. The molecule has 0 saturated carbocycles. The predicted molar refractivity (Wildman–Crippen MR) is 69.5 cm³/mol. The fourth-order valence-corrected chi connectivity index (χ4v) is 1.75. The SMILES string of the molecule is COc1cc(C(=O)NCc2ccco2)cc(Cl)c1O. The molecule has 0 unspecified atom stereocenters. The van der Waals surface area contributed by atoms with Gasteiger partial charge in [0.2, 0.25) is 0 Å². The van der Waals surface area contributed by atoms with Gasteiger partial charge in [0.25, 0.3) is 5.91 Å². The maximum atomic E-state index is 11.9. The van der Waals surface area contributed by atoms with E-state index in [2.05, 4.69) is 5.32 Å². The Bertz CT molecular complexity index is 581. The highest BCUT2D eigenvalue weighted by atomic mass is 35.5. The third-order valence-electron chi connectivity index (χ3n) is 2.51. The van der Waals surface area contributed by atoms with Gasteiger partial charge >= 0.3 is 0 Å². The molecular weight excluding hydrogens is 270 g/mol. The second-order valence-electron chi connectivity index (χ2n) is 3.77. The van der Waals surface area contributed by atoms with Crippen LogP contribution in [0.5, 0.6) is 11.5 Å². The van der Waals surface area contributed by atoms with Crippen LogP contribution < -0.4 is 10.1 Å². The summed E-state index contributed by atoms with van der Waals surface area (Å²) in [5.41, 5.74) is 0.297. The molecule has 1 aromatic heterocycles. The summed E-state index contributed by atoms with van der Waals surface area (Å²) in [6.07, 6.45) is 1.53. The monoisotopic (exact) mass is 281 g/mol. The van der Waals surface area contributed by atoms with Crippen molar-refractivity contribution in [2.75, 3.05) is 7.11 Å². The van der Waals surface area contributed by atoms with Gasteiger partial charge in [-0.05, 0) is 24.3 Å². The number of ether oxygens (including phenoxy) is 1. The molecule has 0 radical (unpaired) electrons. The number of rotatable bonds is 4. The zero-order valence-corrected chi connectivity index (χ0v) is 10.9. The summed E-state index contributed by atoms with van der Waals surface area (Å²) in [6, 6.07) is 6.28. The van der Waals surface area contributed by atoms with Crippen molar-refractivity contribution in [2.45, 2.75) is 6.54 Å². The number of methoxy groups -OCH3 is 1. The Hall–Kier alpha value is -2.14. The van der Waals surface area contributed by atoms with Crippen molar-refractivity contribution in [1.29, 1.82) is 0 Å². The lowest BCUT2D eigenvalue weighted by molar-refractivity contribution is 0.0947. The Morgan fingerprint density at radius 1 is 1.53 bits per heavy atom. The van der Waals surface area contributed by atoms with Crippen LogP contribution in [0.25, 0.3) is 0 Å². The summed E-state index contributed by atoms with van der Waals surface area (Å²) in [7, 11) is 1.38. The van der Waals surface area contributed by atoms with Gasteiger partial charge < -0.3 is 19.6 Å². The van der Waals surface area contributed by atoms with Crippen molar-refractivity contribution in [2.24, 2.45) is 0 Å². The largest absolute Gasteiger partial charge is 0.503 e. The quantitative estimate of drug-likeness (QED) is 0.903. The molecule has 1 aromatic carbocycles. The molecular formula is C13H12ClNO4. The first kappa shape index (κ1) is 13.3. The number of furan rings is 1. The number of benzene rings is 1. The van der Waals surface area contributed by atoms with Crippen LogP contribution >= 0.6 is 11.6 Å². The lowest BCUT2D eigenvalue weighted by Crippen LogP contribution is -2.22. The third-order valence-corrected chi connectivity index (χ3v) is 2.80. The van der Waals surface area contributed by atoms with Crippen molar-refractivity contribution in [3.63, 3.8) is 0 Å². The first-order valence-electron chi connectivity index (χ1n) is 5.49. The molecule has 0 fully saturated rings. The Labute approximate surface area is 114 Å². The Morgan fingerprint density at radius 2 is 2.32 bits per heavy atom. The second kappa shape index (κ2) is 5.67. The first-order valence-corrected chi connectivity index (χ1v) is 5.86. The van der Waals surface area contributed by atoms with Crippen LogP contribution in [-0.4, -0.2) is 18.1 Å². The minimum Gasteiger partial charge on any atom is -0.503 e. The Balaban J connectivity index is 2.12. The molecule has 2 aromatic rings. The highest BCUT2D eigenvalue weighted by molar-refractivity contribution is 6.32. The molecule has 1 heterocycles. The zero-order chi connectivity index (χ0) is 13.8. The standard InChI is InChI=1S/C13H12ClNO4/c1-18-11-6-8(5-10(14)12(11)16)13(17)15-7-9-3-2-4-19-9/h2-6,16H,7H2,1H3,(H,15,17). The summed E-state index contributed by atoms with van der Waals surface area (Å²) < 4.78 is 10.0. The smallest absolute Gasteiger partial charge is 0.251 e. The van der Waals surface area contributed by atoms with Gasteiger partial charge in [0.1, 0.15) is 5.76 Å². The van der Waals surface area contributed by atoms with Gasteiger partial charge in [-0.3, -0.25) is 4.79 Å². The molecule has 5 nitrogen and oxygen atoms in total. The number of hydrogen-bond donors (Lipinski definition) is 2. The number of hydrogen-bond acceptors (Lipinski definition) is 4. The van der Waals surface area contributed by atoms with Crippen LogP contribution in [0.1, 0.15) is 16.1 Å². The van der Waals surface area contributed by atoms with Gasteiger partial charge in [-0.25, -0.2) is 0 Å². The summed E-state index contributed by atoms with van der Waals surface area (Å²) in [5.74, 6) is 0.268. The topological polar surface area (TPSA) is 71.7 Å². The average Bonchev–Trinajstić information content (AvgIpc) is 2.92. The van der Waals surface area contributed by atoms with Crippen molar-refractivity contribution in [1.82, 2.24) is 5.32 Å². The van der Waals surface area contributed by atoms with E-state index in [4.69, 9.17) is 20.8 Å². The lowest BCUT2D eigenvalue weighted by Gasteiger charge is -2.08. The van der Waals surface area contributed by atoms with Crippen LogP contribution in [0.4, 0.5) is 0 Å². The molecule has 0 atom stereocenters. The van der Waals surface area contributed by atoms with E-state index in [-0.39, 0.29) is 29.0 Å². The van der Waals surface area contributed by atoms with Crippen LogP contribution in [0, 0.1) is 0 Å². The number of aromatic hydroxyl groups is 1. The number of nitrogens with one attached hydrogen (secondary N) is 1. The van der Waals surface area contributed by atoms with Crippen LogP contribution in [-0.2, 0) is 6.54 Å². The van der Waals surface area contributed by atoms with E-state index in [1.165, 1.54) is 25.5 Å². The Morgan fingerprint density at radius 3 is 2.95 bits per heavy atom. The number of halogens is 1. The van der Waals surface area contributed by atoms with Gasteiger partial charge in [0.15, 0.2) is 11.5 Å². The van der Waals surface area contributed by atoms with Crippen LogP contribution in [0.15, 0.2) is 34.9 Å². The highest BCUT2D eigenvalue weighted by Crippen LogP contribution is 2.34. The van der Waals surface area contributed by atoms with Gasteiger partial charge in [0.05, 0.1) is 24.9 Å². The minimum absolute atomic E-state index is 0.0579. The second-order valence-corrected chi connectivity index (χ2v) is 4.18. The fourth-order valence-electron chi connectivity index (χ4n) is 1.54. The molecule has 0 spiro atoms. The molecule has 2 N–H and O–H groups in total. The van der Waals surface area contributed by atoms with Crippen LogP contribution in [0.3, 0.4) is 0 Å². The van der Waals surface area contributed by atoms with E-state index < -0.39 is 0 Å². The average molecular weight is 282 g/mol. The van der Waals surface area contributed by atoms with Crippen molar-refractivity contribution < 1.29 is 19.1 Å². The molecule has 19 heavy (non-hydrogen) atoms. The van der Waals surface area contributed by atoms with Crippen molar-refractivity contribution in [3.05, 3.63) is 46.9 Å². The molecule has 1 amide bonds. The lowest BCUT2D eigenvalue weighted by atomic mass is 10.2. The van der Waals surface area contributed by atoms with Gasteiger partial charge in [-0.1, -0.05) is 11.6 Å². The van der Waals surface area contributed by atoms with Gasteiger partial charge in [-0.15, -0.1) is 0 Å². The summed E-state index contributed by atoms with van der Waals surface area (Å²) >= 11 is 5.81. The summed E-state index contributed by atoms with van der Waals surface area (Å²) in [5, 5.41) is 12.3. The molecule has 0 aliphatic heterocycles. The number of phenolic OH excluding ortho intramolecular Hbond substituents is 1. The van der Waals surface area contributed by atoms with Crippen molar-refractivity contribution in [3.8, 4) is 11.5 Å². The van der Waals surface area contributed by atoms with E-state index in [0.29, 0.717) is 11.3 Å². The fraction of sp³-hybridized carbons (Fsp3) is 0.154. The molecule has 0 saturated heterocycles. The number of amides is 1. The van der Waals surface area contributed by atoms with Crippen LogP contribution in [0.2, 0.25) is 5.02 Å². The van der Waals surface area contributed by atoms with E-state index >= 15 is 0 Å². The third kappa shape index (κ3) is 3.00. The number of carbonyl (C=O) groups excluding carboxylic acids is 1. The molecule has 2 rings (SSSR count). The predicted octanol–water partition coefficient (Wildman–Crippen LogP) is 2.58. The van der Waals surface area contributed by atoms with Gasteiger partial charge in [0, 0.05) is 5.56 Å². The summed E-state index contributed by atoms with van der Waals surface area (Å²) in [4.78, 5) is 11.9. The van der Waals surface area contributed by atoms with E-state index in [9.17, 15) is 9.90 Å². The van der Waals surface area contributed by atoms with Gasteiger partial charge in [-0.2, -0.15) is 0 Å². The molecule has 6 heteroatoms. The molecule has 0 aliphatic carbocycles. The Kier molecular flexibility index (Phi) is 3.97. The number of carbonyl (C=O) groups is 1. The van der Waals surface area contributed by atoms with E-state index in [1.54, 1.807) is 12.1 Å². The molecule has 0 bridgehead atoms. The van der Waals surface area contributed by atoms with E-state index in [1.807, 2.05) is 0 Å². The zero-order valence-electron chi connectivity index (χ0n) is 10.1. The number of phenols is 1. The van der Waals surface area contributed by atoms with E-state index in [0.717, 1.165) is 0 Å². The maximum absolute atomic E-state index is 11.9. The summed E-state index contributed by atoms with van der Waals surface area (Å²) in [6.45, 7) is 0.270. The normalized spacial score (nSPS) is 10.2. The molecule has 100 valence electrons.